The fraction of sp³-hybridized carbons (Fsp3) is 0.333. The maximum absolute atomic E-state index is 13.3. The Kier molecular flexibility index (Phi) is 3.14. The van der Waals surface area contributed by atoms with Crippen LogP contribution in [0.3, 0.4) is 0 Å². The Balaban J connectivity index is 1.95. The van der Waals surface area contributed by atoms with Gasteiger partial charge in [-0.1, -0.05) is 5.21 Å². The Morgan fingerprint density at radius 3 is 3.16 bits per heavy atom. The minimum absolute atomic E-state index is 0.0980. The van der Waals surface area contributed by atoms with Gasteiger partial charge in [0.25, 0.3) is 0 Å². The van der Waals surface area contributed by atoms with Crippen LogP contribution >= 0.6 is 0 Å². The molecule has 2 heterocycles. The molecule has 1 saturated heterocycles. The van der Waals surface area contributed by atoms with Crippen molar-refractivity contribution in [3.8, 4) is 17.0 Å². The van der Waals surface area contributed by atoms with Gasteiger partial charge in [-0.3, -0.25) is 4.84 Å². The van der Waals surface area contributed by atoms with Gasteiger partial charge in [0.05, 0.1) is 26.0 Å². The van der Waals surface area contributed by atoms with Gasteiger partial charge in [-0.15, -0.1) is 5.10 Å². The Bertz CT molecular complexity index is 581. The van der Waals surface area contributed by atoms with Crippen molar-refractivity contribution in [1.29, 1.82) is 0 Å². The molecular weight excluding hydrogens is 251 g/mol. The monoisotopic (exact) mass is 264 g/mol. The Morgan fingerprint density at radius 1 is 1.53 bits per heavy atom. The van der Waals surface area contributed by atoms with Gasteiger partial charge in [-0.05, 0) is 18.2 Å². The third-order valence-electron chi connectivity index (χ3n) is 3.02. The van der Waals surface area contributed by atoms with E-state index in [2.05, 4.69) is 15.8 Å². The van der Waals surface area contributed by atoms with E-state index in [1.807, 2.05) is 0 Å². The highest BCUT2D eigenvalue weighted by molar-refractivity contribution is 5.66. The molecular formula is C12H13FN4O2. The van der Waals surface area contributed by atoms with Crippen molar-refractivity contribution >= 4 is 0 Å². The minimum atomic E-state index is -0.337. The molecule has 1 aromatic heterocycles. The van der Waals surface area contributed by atoms with Crippen LogP contribution in [-0.4, -0.2) is 35.3 Å². The molecule has 1 aliphatic heterocycles. The average molecular weight is 264 g/mol. The van der Waals surface area contributed by atoms with Gasteiger partial charge in [-0.25, -0.2) is 14.6 Å². The number of ether oxygens (including phenoxy) is 1. The van der Waals surface area contributed by atoms with Gasteiger partial charge in [0, 0.05) is 12.1 Å². The summed E-state index contributed by atoms with van der Waals surface area (Å²) in [7, 11) is 1.54. The number of aromatic nitrogens is 3. The van der Waals surface area contributed by atoms with Crippen molar-refractivity contribution in [1.82, 2.24) is 20.5 Å². The number of halogens is 1. The molecule has 0 saturated carbocycles. The lowest BCUT2D eigenvalue weighted by molar-refractivity contribution is 0.0968. The molecule has 7 heteroatoms. The van der Waals surface area contributed by atoms with Crippen molar-refractivity contribution in [2.45, 2.75) is 6.04 Å². The number of methoxy groups -OCH3 is 1. The summed E-state index contributed by atoms with van der Waals surface area (Å²) >= 11 is 0. The van der Waals surface area contributed by atoms with E-state index in [1.165, 1.54) is 19.2 Å². The first kappa shape index (κ1) is 12.1. The van der Waals surface area contributed by atoms with Crippen LogP contribution in [-0.2, 0) is 4.84 Å². The van der Waals surface area contributed by atoms with Gasteiger partial charge >= 0.3 is 0 Å². The zero-order chi connectivity index (χ0) is 13.2. The molecule has 2 aromatic rings. The molecule has 0 amide bonds. The van der Waals surface area contributed by atoms with E-state index in [9.17, 15) is 4.39 Å². The first-order chi connectivity index (χ1) is 9.28. The Morgan fingerprint density at radius 2 is 2.42 bits per heavy atom. The second-order valence-electron chi connectivity index (χ2n) is 4.24. The normalized spacial score (nSPS) is 18.7. The zero-order valence-corrected chi connectivity index (χ0v) is 10.3. The number of nitrogens with one attached hydrogen (secondary N) is 1. The number of hydrogen-bond donors (Lipinski definition) is 1. The van der Waals surface area contributed by atoms with Crippen molar-refractivity contribution in [2.24, 2.45) is 0 Å². The van der Waals surface area contributed by atoms with Crippen LogP contribution in [0, 0.1) is 5.82 Å². The molecule has 1 N–H and O–H groups in total. The highest BCUT2D eigenvalue weighted by Gasteiger charge is 2.20. The second kappa shape index (κ2) is 4.94. The number of nitrogens with zero attached hydrogens (tertiary/aromatic N) is 3. The van der Waals surface area contributed by atoms with Gasteiger partial charge in [0.1, 0.15) is 17.3 Å². The standard InChI is InChI=1S/C12H13FN4O2/c1-18-12-3-2-8(13)4-10(12)11-6-17(16-15-11)9-5-14-19-7-9/h2-4,6,9,14H,5,7H2,1H3/t9-/m0/s1. The number of benzene rings is 1. The lowest BCUT2D eigenvalue weighted by Gasteiger charge is -2.06. The molecule has 0 spiro atoms. The van der Waals surface area contributed by atoms with E-state index in [-0.39, 0.29) is 11.9 Å². The summed E-state index contributed by atoms with van der Waals surface area (Å²) in [5.41, 5.74) is 3.93. The quantitative estimate of drug-likeness (QED) is 0.901. The van der Waals surface area contributed by atoms with Gasteiger partial charge in [0.15, 0.2) is 0 Å². The molecule has 6 nitrogen and oxygen atoms in total. The van der Waals surface area contributed by atoms with Gasteiger partial charge < -0.3 is 4.74 Å². The predicted octanol–water partition coefficient (Wildman–Crippen LogP) is 1.17. The summed E-state index contributed by atoms with van der Waals surface area (Å²) < 4.78 is 20.3. The van der Waals surface area contributed by atoms with E-state index < -0.39 is 0 Å². The summed E-state index contributed by atoms with van der Waals surface area (Å²) in [5.74, 6) is 0.227. The van der Waals surface area contributed by atoms with Crippen molar-refractivity contribution in [2.75, 3.05) is 20.3 Å². The van der Waals surface area contributed by atoms with Crippen molar-refractivity contribution in [3.05, 3.63) is 30.2 Å². The molecule has 1 aliphatic rings. The molecule has 19 heavy (non-hydrogen) atoms. The molecule has 0 radical (unpaired) electrons. The zero-order valence-electron chi connectivity index (χ0n) is 10.3. The number of rotatable bonds is 3. The molecule has 0 aliphatic carbocycles. The SMILES string of the molecule is COc1ccc(F)cc1-c1cn([C@H]2CNOC2)nn1. The van der Waals surface area contributed by atoms with Crippen LogP contribution in [0.4, 0.5) is 4.39 Å². The van der Waals surface area contributed by atoms with Crippen LogP contribution in [0.25, 0.3) is 11.3 Å². The van der Waals surface area contributed by atoms with E-state index >= 15 is 0 Å². The fourth-order valence-corrected chi connectivity index (χ4v) is 2.00. The molecule has 1 atom stereocenters. The smallest absolute Gasteiger partial charge is 0.128 e. The van der Waals surface area contributed by atoms with Crippen LogP contribution in [0.15, 0.2) is 24.4 Å². The topological polar surface area (TPSA) is 61.2 Å². The highest BCUT2D eigenvalue weighted by atomic mass is 19.1. The molecule has 1 fully saturated rings. The summed E-state index contributed by atoms with van der Waals surface area (Å²) in [6.07, 6.45) is 1.76. The first-order valence-electron chi connectivity index (χ1n) is 5.88. The van der Waals surface area contributed by atoms with Crippen LogP contribution in [0.5, 0.6) is 5.75 Å². The number of hydroxylamine groups is 1. The first-order valence-corrected chi connectivity index (χ1v) is 5.88. The van der Waals surface area contributed by atoms with Crippen LogP contribution in [0.2, 0.25) is 0 Å². The maximum Gasteiger partial charge on any atom is 0.128 e. The van der Waals surface area contributed by atoms with Gasteiger partial charge in [0.2, 0.25) is 0 Å². The van der Waals surface area contributed by atoms with Gasteiger partial charge in [-0.2, -0.15) is 0 Å². The fourth-order valence-electron chi connectivity index (χ4n) is 2.00. The Hall–Kier alpha value is -1.99. The predicted molar refractivity (Wildman–Crippen MR) is 65.0 cm³/mol. The summed E-state index contributed by atoms with van der Waals surface area (Å²) in [4.78, 5) is 5.07. The van der Waals surface area contributed by atoms with Crippen molar-refractivity contribution < 1.29 is 14.0 Å². The lowest BCUT2D eigenvalue weighted by Crippen LogP contribution is -2.14. The molecule has 0 unspecified atom stereocenters. The Labute approximate surface area is 109 Å². The van der Waals surface area contributed by atoms with Crippen LogP contribution < -0.4 is 10.2 Å². The third kappa shape index (κ3) is 2.29. The van der Waals surface area contributed by atoms with Crippen LogP contribution in [0.1, 0.15) is 6.04 Å². The second-order valence-corrected chi connectivity index (χ2v) is 4.24. The molecule has 1 aromatic carbocycles. The van der Waals surface area contributed by atoms with E-state index in [0.29, 0.717) is 30.2 Å². The van der Waals surface area contributed by atoms with E-state index in [1.54, 1.807) is 16.9 Å². The summed E-state index contributed by atoms with van der Waals surface area (Å²) in [5, 5.41) is 8.11. The number of hydrogen-bond acceptors (Lipinski definition) is 5. The minimum Gasteiger partial charge on any atom is -0.496 e. The molecule has 3 rings (SSSR count). The summed E-state index contributed by atoms with van der Waals surface area (Å²) in [6.45, 7) is 1.20. The third-order valence-corrected chi connectivity index (χ3v) is 3.02. The average Bonchev–Trinajstić information content (AvgIpc) is 3.09. The maximum atomic E-state index is 13.3. The highest BCUT2D eigenvalue weighted by Crippen LogP contribution is 2.29. The molecule has 100 valence electrons. The summed E-state index contributed by atoms with van der Waals surface area (Å²) in [6, 6.07) is 4.41. The van der Waals surface area contributed by atoms with E-state index in [0.717, 1.165) is 0 Å². The van der Waals surface area contributed by atoms with E-state index in [4.69, 9.17) is 9.57 Å². The van der Waals surface area contributed by atoms with Crippen molar-refractivity contribution in [3.63, 3.8) is 0 Å². The largest absolute Gasteiger partial charge is 0.496 e. The molecule has 0 bridgehead atoms. The lowest BCUT2D eigenvalue weighted by atomic mass is 10.1.